The fraction of sp³-hybridized carbons (Fsp3) is 0.538. The van der Waals surface area contributed by atoms with E-state index in [1.54, 1.807) is 7.11 Å². The zero-order valence-electron chi connectivity index (χ0n) is 10.2. The van der Waals surface area contributed by atoms with Gasteiger partial charge in [0.2, 0.25) is 0 Å². The average molecular weight is 222 g/mol. The molecule has 3 heteroatoms. The van der Waals surface area contributed by atoms with Crippen LogP contribution < -0.4 is 11.1 Å². The molecule has 3 N–H and O–H groups in total. The standard InChI is InChI=1S/C13H22N2O/c1-11(16-2)9-15-10-13-6-4-3-5-12(13)7-8-14/h3-6,11,15H,7-10,14H2,1-2H3. The molecule has 0 bridgehead atoms. The molecule has 0 saturated carbocycles. The van der Waals surface area contributed by atoms with E-state index in [4.69, 9.17) is 10.5 Å². The molecule has 0 aliphatic rings. The van der Waals surface area contributed by atoms with Gasteiger partial charge >= 0.3 is 0 Å². The number of nitrogens with one attached hydrogen (secondary N) is 1. The van der Waals surface area contributed by atoms with Crippen molar-refractivity contribution in [3.63, 3.8) is 0 Å². The van der Waals surface area contributed by atoms with Crippen LogP contribution in [0.5, 0.6) is 0 Å². The second-order valence-corrected chi connectivity index (χ2v) is 3.98. The Morgan fingerprint density at radius 2 is 2.00 bits per heavy atom. The Balaban J connectivity index is 2.46. The molecule has 0 radical (unpaired) electrons. The predicted octanol–water partition coefficient (Wildman–Crippen LogP) is 1.31. The Morgan fingerprint density at radius 3 is 2.62 bits per heavy atom. The average Bonchev–Trinajstić information content (AvgIpc) is 2.31. The van der Waals surface area contributed by atoms with Crippen LogP contribution in [0, 0.1) is 0 Å². The van der Waals surface area contributed by atoms with Gasteiger partial charge in [-0.1, -0.05) is 24.3 Å². The molecule has 0 saturated heterocycles. The zero-order valence-corrected chi connectivity index (χ0v) is 10.2. The molecule has 16 heavy (non-hydrogen) atoms. The van der Waals surface area contributed by atoms with Gasteiger partial charge in [-0.3, -0.25) is 0 Å². The summed E-state index contributed by atoms with van der Waals surface area (Å²) in [5.74, 6) is 0. The highest BCUT2D eigenvalue weighted by atomic mass is 16.5. The minimum Gasteiger partial charge on any atom is -0.380 e. The highest BCUT2D eigenvalue weighted by Crippen LogP contribution is 2.08. The Hall–Kier alpha value is -0.900. The molecule has 90 valence electrons. The van der Waals surface area contributed by atoms with Crippen LogP contribution >= 0.6 is 0 Å². The second kappa shape index (κ2) is 7.39. The lowest BCUT2D eigenvalue weighted by atomic mass is 10.0. The summed E-state index contributed by atoms with van der Waals surface area (Å²) in [4.78, 5) is 0. The minimum atomic E-state index is 0.252. The van der Waals surface area contributed by atoms with Gasteiger partial charge < -0.3 is 15.8 Å². The molecule has 1 aromatic rings. The SMILES string of the molecule is COC(C)CNCc1ccccc1CCN. The summed E-state index contributed by atoms with van der Waals surface area (Å²) in [6.45, 7) is 4.50. The van der Waals surface area contributed by atoms with Crippen LogP contribution in [0.2, 0.25) is 0 Å². The Kier molecular flexibility index (Phi) is 6.08. The van der Waals surface area contributed by atoms with Crippen LogP contribution in [0.4, 0.5) is 0 Å². The third kappa shape index (κ3) is 4.31. The molecule has 3 nitrogen and oxygen atoms in total. The normalized spacial score (nSPS) is 12.7. The largest absolute Gasteiger partial charge is 0.380 e. The maximum Gasteiger partial charge on any atom is 0.0667 e. The third-order valence-corrected chi connectivity index (χ3v) is 2.68. The molecular weight excluding hydrogens is 200 g/mol. The maximum atomic E-state index is 5.59. The number of ether oxygens (including phenoxy) is 1. The summed E-state index contributed by atoms with van der Waals surface area (Å²) in [5, 5.41) is 3.39. The smallest absolute Gasteiger partial charge is 0.0667 e. The van der Waals surface area contributed by atoms with Gasteiger partial charge in [0.25, 0.3) is 0 Å². The van der Waals surface area contributed by atoms with Crippen molar-refractivity contribution in [1.82, 2.24) is 5.32 Å². The van der Waals surface area contributed by atoms with Crippen LogP contribution in [0.1, 0.15) is 18.1 Å². The first kappa shape index (κ1) is 13.2. The summed E-state index contributed by atoms with van der Waals surface area (Å²) in [7, 11) is 1.73. The van der Waals surface area contributed by atoms with E-state index in [-0.39, 0.29) is 6.10 Å². The molecule has 0 heterocycles. The first-order valence-electron chi connectivity index (χ1n) is 5.78. The lowest BCUT2D eigenvalue weighted by Crippen LogP contribution is -2.26. The minimum absolute atomic E-state index is 0.252. The Labute approximate surface area is 98.0 Å². The van der Waals surface area contributed by atoms with Crippen molar-refractivity contribution in [3.8, 4) is 0 Å². The molecule has 0 fully saturated rings. The molecule has 0 amide bonds. The highest BCUT2D eigenvalue weighted by Gasteiger charge is 2.02. The van der Waals surface area contributed by atoms with E-state index in [2.05, 4.69) is 36.5 Å². The second-order valence-electron chi connectivity index (χ2n) is 3.98. The topological polar surface area (TPSA) is 47.3 Å². The lowest BCUT2D eigenvalue weighted by molar-refractivity contribution is 0.117. The van der Waals surface area contributed by atoms with Gasteiger partial charge in [0.15, 0.2) is 0 Å². The summed E-state index contributed by atoms with van der Waals surface area (Å²) >= 11 is 0. The van der Waals surface area contributed by atoms with Gasteiger partial charge in [-0.2, -0.15) is 0 Å². The number of methoxy groups -OCH3 is 1. The summed E-state index contributed by atoms with van der Waals surface area (Å²) in [6.07, 6.45) is 1.19. The monoisotopic (exact) mass is 222 g/mol. The quantitative estimate of drug-likeness (QED) is 0.731. The van der Waals surface area contributed by atoms with Gasteiger partial charge in [0, 0.05) is 20.2 Å². The van der Waals surface area contributed by atoms with Crippen LogP contribution in [-0.2, 0) is 17.7 Å². The lowest BCUT2D eigenvalue weighted by Gasteiger charge is -2.13. The summed E-state index contributed by atoms with van der Waals surface area (Å²) in [6, 6.07) is 8.42. The van der Waals surface area contributed by atoms with Crippen molar-refractivity contribution in [3.05, 3.63) is 35.4 Å². The molecule has 0 aliphatic carbocycles. The van der Waals surface area contributed by atoms with Crippen molar-refractivity contribution in [2.75, 3.05) is 20.2 Å². The molecule has 1 aromatic carbocycles. The molecule has 1 unspecified atom stereocenters. The number of rotatable bonds is 7. The van der Waals surface area contributed by atoms with Gasteiger partial charge in [-0.15, -0.1) is 0 Å². The van der Waals surface area contributed by atoms with Gasteiger partial charge in [-0.25, -0.2) is 0 Å². The van der Waals surface area contributed by atoms with Crippen molar-refractivity contribution in [2.24, 2.45) is 5.73 Å². The van der Waals surface area contributed by atoms with E-state index in [1.165, 1.54) is 11.1 Å². The molecule has 1 atom stereocenters. The zero-order chi connectivity index (χ0) is 11.8. The number of nitrogens with two attached hydrogens (primary N) is 1. The number of benzene rings is 1. The van der Waals surface area contributed by atoms with E-state index in [0.717, 1.165) is 19.5 Å². The van der Waals surface area contributed by atoms with Crippen LogP contribution in [0.3, 0.4) is 0 Å². The first-order valence-corrected chi connectivity index (χ1v) is 5.78. The summed E-state index contributed by atoms with van der Waals surface area (Å²) in [5.41, 5.74) is 8.25. The van der Waals surface area contributed by atoms with Crippen molar-refractivity contribution in [1.29, 1.82) is 0 Å². The summed E-state index contributed by atoms with van der Waals surface area (Å²) < 4.78 is 5.18. The van der Waals surface area contributed by atoms with Gasteiger partial charge in [-0.05, 0) is 31.0 Å². The van der Waals surface area contributed by atoms with Crippen LogP contribution in [0.15, 0.2) is 24.3 Å². The molecular formula is C13H22N2O. The molecule has 0 spiro atoms. The van der Waals surface area contributed by atoms with Crippen molar-refractivity contribution in [2.45, 2.75) is 26.0 Å². The molecule has 0 aromatic heterocycles. The van der Waals surface area contributed by atoms with Crippen LogP contribution in [-0.4, -0.2) is 26.3 Å². The van der Waals surface area contributed by atoms with Crippen molar-refractivity contribution < 1.29 is 4.74 Å². The first-order chi connectivity index (χ1) is 7.77. The van der Waals surface area contributed by atoms with E-state index in [9.17, 15) is 0 Å². The fourth-order valence-corrected chi connectivity index (χ4v) is 1.62. The van der Waals surface area contributed by atoms with E-state index in [1.807, 2.05) is 0 Å². The fourth-order valence-electron chi connectivity index (χ4n) is 1.62. The van der Waals surface area contributed by atoms with E-state index < -0.39 is 0 Å². The molecule has 0 aliphatic heterocycles. The highest BCUT2D eigenvalue weighted by molar-refractivity contribution is 5.27. The van der Waals surface area contributed by atoms with E-state index in [0.29, 0.717) is 6.54 Å². The Bertz CT molecular complexity index is 302. The third-order valence-electron chi connectivity index (χ3n) is 2.68. The number of hydrogen-bond donors (Lipinski definition) is 2. The molecule has 1 rings (SSSR count). The number of hydrogen-bond acceptors (Lipinski definition) is 3. The maximum absolute atomic E-state index is 5.59. The van der Waals surface area contributed by atoms with E-state index >= 15 is 0 Å². The van der Waals surface area contributed by atoms with Gasteiger partial charge in [0.05, 0.1) is 6.10 Å². The Morgan fingerprint density at radius 1 is 1.31 bits per heavy atom. The van der Waals surface area contributed by atoms with Crippen LogP contribution in [0.25, 0.3) is 0 Å². The van der Waals surface area contributed by atoms with Gasteiger partial charge in [0.1, 0.15) is 0 Å². The van der Waals surface area contributed by atoms with Crippen molar-refractivity contribution >= 4 is 0 Å². The predicted molar refractivity (Wildman–Crippen MR) is 67.4 cm³/mol.